The lowest BCUT2D eigenvalue weighted by Crippen LogP contribution is -2.40. The van der Waals surface area contributed by atoms with Crippen LogP contribution < -0.4 is 4.74 Å². The van der Waals surface area contributed by atoms with Gasteiger partial charge >= 0.3 is 5.97 Å². The van der Waals surface area contributed by atoms with Crippen LogP contribution in [0.15, 0.2) is 29.6 Å². The Hall–Kier alpha value is -2.14. The highest BCUT2D eigenvalue weighted by Crippen LogP contribution is 2.27. The third-order valence-electron chi connectivity index (χ3n) is 4.82. The van der Waals surface area contributed by atoms with E-state index in [1.807, 2.05) is 49.3 Å². The summed E-state index contributed by atoms with van der Waals surface area (Å²) < 4.78 is 5.67. The van der Waals surface area contributed by atoms with Gasteiger partial charge in [-0.3, -0.25) is 9.59 Å². The molecule has 0 radical (unpaired) electrons. The molecule has 5 heteroatoms. The second-order valence-electron chi connectivity index (χ2n) is 6.67. The maximum Gasteiger partial charge on any atom is 0.314 e. The van der Waals surface area contributed by atoms with E-state index in [2.05, 4.69) is 6.07 Å². The number of ether oxygens (including phenoxy) is 1. The van der Waals surface area contributed by atoms with E-state index in [1.165, 1.54) is 11.3 Å². The van der Waals surface area contributed by atoms with Crippen molar-refractivity contribution in [3.63, 3.8) is 0 Å². The summed E-state index contributed by atoms with van der Waals surface area (Å²) in [6.07, 6.45) is 1.31. The number of amides is 1. The molecule has 1 saturated heterocycles. The molecule has 25 heavy (non-hydrogen) atoms. The first-order chi connectivity index (χ1) is 12.0. The molecule has 4 nitrogen and oxygen atoms in total. The Morgan fingerprint density at radius 3 is 2.52 bits per heavy atom. The predicted molar refractivity (Wildman–Crippen MR) is 99.2 cm³/mol. The first-order valence-corrected chi connectivity index (χ1v) is 9.46. The van der Waals surface area contributed by atoms with Gasteiger partial charge in [-0.1, -0.05) is 12.1 Å². The summed E-state index contributed by atoms with van der Waals surface area (Å²) in [5, 5.41) is 1.91. The van der Waals surface area contributed by atoms with Crippen molar-refractivity contribution < 1.29 is 14.3 Å². The molecule has 1 fully saturated rings. The van der Waals surface area contributed by atoms with Gasteiger partial charge in [0.15, 0.2) is 0 Å². The van der Waals surface area contributed by atoms with Crippen molar-refractivity contribution in [3.8, 4) is 5.75 Å². The largest absolute Gasteiger partial charge is 0.426 e. The van der Waals surface area contributed by atoms with Crippen molar-refractivity contribution in [1.29, 1.82) is 0 Å². The van der Waals surface area contributed by atoms with Gasteiger partial charge in [0.25, 0.3) is 5.91 Å². The summed E-state index contributed by atoms with van der Waals surface area (Å²) in [4.78, 5) is 27.5. The number of nitrogens with zero attached hydrogens (tertiary/aromatic N) is 1. The van der Waals surface area contributed by atoms with Gasteiger partial charge in [0.2, 0.25) is 0 Å². The topological polar surface area (TPSA) is 46.6 Å². The van der Waals surface area contributed by atoms with Crippen LogP contribution in [0.25, 0.3) is 0 Å². The Labute approximate surface area is 152 Å². The average Bonchev–Trinajstić information content (AvgIpc) is 3.13. The molecule has 2 heterocycles. The van der Waals surface area contributed by atoms with Gasteiger partial charge in [-0.15, -0.1) is 11.3 Å². The molecule has 0 saturated carbocycles. The molecule has 132 valence electrons. The number of carbonyl (C=O) groups excluding carboxylic acids is 2. The Morgan fingerprint density at radius 2 is 1.88 bits per heavy atom. The number of thiophene rings is 1. The summed E-state index contributed by atoms with van der Waals surface area (Å²) >= 11 is 1.45. The molecule has 0 bridgehead atoms. The van der Waals surface area contributed by atoms with E-state index < -0.39 is 0 Å². The van der Waals surface area contributed by atoms with Crippen LogP contribution in [0.4, 0.5) is 0 Å². The average molecular weight is 357 g/mol. The highest BCUT2D eigenvalue weighted by Gasteiger charge is 2.29. The van der Waals surface area contributed by atoms with Gasteiger partial charge in [-0.2, -0.15) is 0 Å². The number of hydrogen-bond acceptors (Lipinski definition) is 4. The molecule has 0 atom stereocenters. The number of aryl methyl sites for hydroxylation is 2. The second kappa shape index (κ2) is 7.40. The van der Waals surface area contributed by atoms with E-state index in [0.717, 1.165) is 21.6 Å². The number of rotatable bonds is 3. The molecule has 1 aliphatic heterocycles. The molecule has 0 spiro atoms. The number of esters is 1. The van der Waals surface area contributed by atoms with Crippen LogP contribution in [-0.4, -0.2) is 29.9 Å². The monoisotopic (exact) mass is 357 g/mol. The van der Waals surface area contributed by atoms with E-state index in [9.17, 15) is 9.59 Å². The molecule has 0 N–H and O–H groups in total. The minimum absolute atomic E-state index is 0.0620. The van der Waals surface area contributed by atoms with Crippen LogP contribution in [0.1, 0.15) is 39.2 Å². The molecule has 1 aromatic heterocycles. The molecule has 0 aliphatic carbocycles. The second-order valence-corrected chi connectivity index (χ2v) is 7.62. The lowest BCUT2D eigenvalue weighted by molar-refractivity contribution is -0.140. The van der Waals surface area contributed by atoms with Crippen molar-refractivity contribution in [2.45, 2.75) is 33.6 Å². The van der Waals surface area contributed by atoms with Crippen molar-refractivity contribution >= 4 is 23.2 Å². The standard InChI is InChI=1S/C20H23NO3S/c1-13-11-14(2)15(3)17(12-13)24-20(23)16-6-8-21(9-7-16)19(22)18-5-4-10-25-18/h4-5,10-12,16H,6-9H2,1-3H3. The zero-order chi connectivity index (χ0) is 18.0. The van der Waals surface area contributed by atoms with Crippen molar-refractivity contribution in [2.24, 2.45) is 5.92 Å². The van der Waals surface area contributed by atoms with Gasteiger partial charge in [-0.25, -0.2) is 0 Å². The third kappa shape index (κ3) is 3.93. The van der Waals surface area contributed by atoms with Gasteiger partial charge in [0.1, 0.15) is 5.75 Å². The van der Waals surface area contributed by atoms with Gasteiger partial charge in [-0.05, 0) is 67.8 Å². The number of likely N-dealkylation sites (tertiary alicyclic amines) is 1. The number of carbonyl (C=O) groups is 2. The highest BCUT2D eigenvalue weighted by atomic mass is 32.1. The van der Waals surface area contributed by atoms with Gasteiger partial charge < -0.3 is 9.64 Å². The van der Waals surface area contributed by atoms with E-state index >= 15 is 0 Å². The maximum atomic E-state index is 12.5. The number of hydrogen-bond donors (Lipinski definition) is 0. The summed E-state index contributed by atoms with van der Waals surface area (Å²) in [6.45, 7) is 7.19. The van der Waals surface area contributed by atoms with Crippen LogP contribution in [0.2, 0.25) is 0 Å². The zero-order valence-corrected chi connectivity index (χ0v) is 15.7. The van der Waals surface area contributed by atoms with E-state index in [-0.39, 0.29) is 17.8 Å². The fourth-order valence-corrected chi connectivity index (χ4v) is 3.86. The molecular formula is C20H23NO3S. The third-order valence-corrected chi connectivity index (χ3v) is 5.68. The Kier molecular flexibility index (Phi) is 5.23. The van der Waals surface area contributed by atoms with E-state index in [0.29, 0.717) is 31.7 Å². The first-order valence-electron chi connectivity index (χ1n) is 8.58. The SMILES string of the molecule is Cc1cc(C)c(C)c(OC(=O)C2CCN(C(=O)c3cccs3)CC2)c1. The van der Waals surface area contributed by atoms with Gasteiger partial charge in [0, 0.05) is 13.1 Å². The summed E-state index contributed by atoms with van der Waals surface area (Å²) in [5.41, 5.74) is 3.21. The Balaban J connectivity index is 1.60. The van der Waals surface area contributed by atoms with E-state index in [4.69, 9.17) is 4.74 Å². The lowest BCUT2D eigenvalue weighted by atomic mass is 9.96. The van der Waals surface area contributed by atoms with Crippen LogP contribution in [0.3, 0.4) is 0 Å². The molecule has 2 aromatic rings. The van der Waals surface area contributed by atoms with Crippen LogP contribution in [-0.2, 0) is 4.79 Å². The van der Waals surface area contributed by atoms with Crippen molar-refractivity contribution in [1.82, 2.24) is 4.90 Å². The van der Waals surface area contributed by atoms with Gasteiger partial charge in [0.05, 0.1) is 10.8 Å². The quantitative estimate of drug-likeness (QED) is 0.613. The molecule has 3 rings (SSSR count). The maximum absolute atomic E-state index is 12.5. The molecular weight excluding hydrogens is 334 g/mol. The van der Waals surface area contributed by atoms with E-state index in [1.54, 1.807) is 0 Å². The summed E-state index contributed by atoms with van der Waals surface area (Å²) in [5.74, 6) is 0.385. The van der Waals surface area contributed by atoms with Crippen LogP contribution >= 0.6 is 11.3 Å². The van der Waals surface area contributed by atoms with Crippen LogP contribution in [0.5, 0.6) is 5.75 Å². The zero-order valence-electron chi connectivity index (χ0n) is 14.9. The fourth-order valence-electron chi connectivity index (χ4n) is 3.17. The number of piperidine rings is 1. The normalized spacial score (nSPS) is 15.2. The highest BCUT2D eigenvalue weighted by molar-refractivity contribution is 7.12. The molecule has 1 amide bonds. The lowest BCUT2D eigenvalue weighted by Gasteiger charge is -2.30. The summed E-state index contributed by atoms with van der Waals surface area (Å²) in [7, 11) is 0. The predicted octanol–water partition coefficient (Wildman–Crippen LogP) is 4.13. The Bertz CT molecular complexity index is 774. The Morgan fingerprint density at radius 1 is 1.16 bits per heavy atom. The fraction of sp³-hybridized carbons (Fsp3) is 0.400. The summed E-state index contributed by atoms with van der Waals surface area (Å²) in [6, 6.07) is 7.72. The first kappa shape index (κ1) is 17.7. The molecule has 1 aromatic carbocycles. The smallest absolute Gasteiger partial charge is 0.314 e. The minimum atomic E-state index is -0.184. The van der Waals surface area contributed by atoms with Crippen molar-refractivity contribution in [3.05, 3.63) is 51.2 Å². The molecule has 1 aliphatic rings. The van der Waals surface area contributed by atoms with Crippen LogP contribution in [0, 0.1) is 26.7 Å². The number of benzene rings is 1. The molecule has 0 unspecified atom stereocenters. The van der Waals surface area contributed by atoms with Crippen molar-refractivity contribution in [2.75, 3.05) is 13.1 Å². The minimum Gasteiger partial charge on any atom is -0.426 e.